The predicted octanol–water partition coefficient (Wildman–Crippen LogP) is 2.96. The van der Waals surface area contributed by atoms with E-state index < -0.39 is 11.9 Å². The van der Waals surface area contributed by atoms with Gasteiger partial charge in [-0.2, -0.15) is 0 Å². The monoisotopic (exact) mass is 330 g/mol. The van der Waals surface area contributed by atoms with E-state index in [0.717, 1.165) is 5.56 Å². The Balaban J connectivity index is 1.89. The maximum absolute atomic E-state index is 11.4. The van der Waals surface area contributed by atoms with Crippen molar-refractivity contribution in [2.24, 2.45) is 0 Å². The highest BCUT2D eigenvalue weighted by molar-refractivity contribution is 5.89. The molecule has 24 heavy (non-hydrogen) atoms. The summed E-state index contributed by atoms with van der Waals surface area (Å²) in [6.07, 6.45) is 0. The molecule has 126 valence electrons. The number of ether oxygens (including phenoxy) is 4. The summed E-state index contributed by atoms with van der Waals surface area (Å²) in [6, 6.07) is 13.9. The molecule has 0 bridgehead atoms. The molecule has 0 saturated heterocycles. The lowest BCUT2D eigenvalue weighted by Crippen LogP contribution is -2.09. The average molecular weight is 330 g/mol. The van der Waals surface area contributed by atoms with Crippen LogP contribution >= 0.6 is 0 Å². The van der Waals surface area contributed by atoms with Crippen LogP contribution in [0.3, 0.4) is 0 Å². The quantitative estimate of drug-likeness (QED) is 0.727. The Hall–Kier alpha value is -2.86. The molecule has 6 heteroatoms. The largest absolute Gasteiger partial charge is 0.467 e. The first kappa shape index (κ1) is 17.5. The summed E-state index contributed by atoms with van der Waals surface area (Å²) in [6.45, 7) is 0.227. The van der Waals surface area contributed by atoms with Gasteiger partial charge < -0.3 is 18.9 Å². The Labute approximate surface area is 139 Å². The number of rotatable bonds is 7. The number of carbonyl (C=O) groups excluding carboxylic acids is 2. The minimum absolute atomic E-state index is 0.0820. The molecule has 2 aromatic rings. The fourth-order valence-electron chi connectivity index (χ4n) is 1.88. The predicted molar refractivity (Wildman–Crippen MR) is 86.0 cm³/mol. The molecular weight excluding hydrogens is 312 g/mol. The van der Waals surface area contributed by atoms with E-state index in [1.165, 1.54) is 14.2 Å². The third-order valence-corrected chi connectivity index (χ3v) is 3.15. The molecule has 0 atom stereocenters. The van der Waals surface area contributed by atoms with Gasteiger partial charge in [0.05, 0.1) is 26.4 Å². The first-order valence-electron chi connectivity index (χ1n) is 7.22. The lowest BCUT2D eigenvalue weighted by molar-refractivity contribution is -0.146. The van der Waals surface area contributed by atoms with Crippen molar-refractivity contribution in [1.29, 1.82) is 0 Å². The Morgan fingerprint density at radius 2 is 1.42 bits per heavy atom. The van der Waals surface area contributed by atoms with E-state index in [1.807, 2.05) is 12.1 Å². The highest BCUT2D eigenvalue weighted by atomic mass is 16.6. The minimum atomic E-state index is -0.412. The van der Waals surface area contributed by atoms with Gasteiger partial charge in [0.25, 0.3) is 0 Å². The highest BCUT2D eigenvalue weighted by Crippen LogP contribution is 2.22. The van der Waals surface area contributed by atoms with Gasteiger partial charge >= 0.3 is 11.9 Å². The maximum Gasteiger partial charge on any atom is 0.337 e. The highest BCUT2D eigenvalue weighted by Gasteiger charge is 2.05. The Morgan fingerprint density at radius 1 is 0.833 bits per heavy atom. The van der Waals surface area contributed by atoms with Gasteiger partial charge in [-0.1, -0.05) is 12.1 Å². The van der Waals surface area contributed by atoms with Crippen LogP contribution < -0.4 is 4.74 Å². The molecule has 2 rings (SSSR count). The second-order valence-electron chi connectivity index (χ2n) is 4.83. The standard InChI is InChI=1S/C18H18O6/c1-21-17(19)12-23-11-13-3-7-15(8-4-13)24-16-9-5-14(6-10-16)18(20)22-2/h3-10H,11-12H2,1-2H3. The van der Waals surface area contributed by atoms with E-state index in [2.05, 4.69) is 9.47 Å². The zero-order chi connectivity index (χ0) is 17.4. The third kappa shape index (κ3) is 5.10. The van der Waals surface area contributed by atoms with Gasteiger partial charge in [-0.25, -0.2) is 9.59 Å². The van der Waals surface area contributed by atoms with Crippen LogP contribution in [0.5, 0.6) is 11.5 Å². The van der Waals surface area contributed by atoms with Crippen LogP contribution in [-0.4, -0.2) is 32.8 Å². The van der Waals surface area contributed by atoms with Crippen LogP contribution in [0.15, 0.2) is 48.5 Å². The first-order chi connectivity index (χ1) is 11.6. The van der Waals surface area contributed by atoms with Gasteiger partial charge in [0.1, 0.15) is 18.1 Å². The molecule has 0 fully saturated rings. The molecule has 0 aliphatic heterocycles. The SMILES string of the molecule is COC(=O)COCc1ccc(Oc2ccc(C(=O)OC)cc2)cc1. The summed E-state index contributed by atoms with van der Waals surface area (Å²) in [4.78, 5) is 22.3. The third-order valence-electron chi connectivity index (χ3n) is 3.15. The van der Waals surface area contributed by atoms with Gasteiger partial charge in [-0.3, -0.25) is 0 Å². The first-order valence-corrected chi connectivity index (χ1v) is 7.22. The second-order valence-corrected chi connectivity index (χ2v) is 4.83. The summed E-state index contributed by atoms with van der Waals surface area (Å²) < 4.78 is 20.0. The van der Waals surface area contributed by atoms with Gasteiger partial charge in [0, 0.05) is 0 Å². The lowest BCUT2D eigenvalue weighted by atomic mass is 10.2. The average Bonchev–Trinajstić information content (AvgIpc) is 2.63. The molecule has 2 aromatic carbocycles. The number of methoxy groups -OCH3 is 2. The molecule has 6 nitrogen and oxygen atoms in total. The minimum Gasteiger partial charge on any atom is -0.467 e. The van der Waals surface area contributed by atoms with E-state index in [1.54, 1.807) is 36.4 Å². The van der Waals surface area contributed by atoms with Crippen molar-refractivity contribution in [3.05, 3.63) is 59.7 Å². The van der Waals surface area contributed by atoms with Crippen LogP contribution in [0.4, 0.5) is 0 Å². The molecule has 0 saturated carbocycles. The fraction of sp³-hybridized carbons (Fsp3) is 0.222. The molecular formula is C18H18O6. The van der Waals surface area contributed by atoms with E-state index >= 15 is 0 Å². The lowest BCUT2D eigenvalue weighted by Gasteiger charge is -2.08. The second kappa shape index (κ2) is 8.69. The molecule has 0 radical (unpaired) electrons. The molecule has 0 aliphatic rings. The number of esters is 2. The number of hydrogen-bond acceptors (Lipinski definition) is 6. The molecule has 0 heterocycles. The van der Waals surface area contributed by atoms with Crippen LogP contribution in [0.2, 0.25) is 0 Å². The van der Waals surface area contributed by atoms with Crippen molar-refractivity contribution >= 4 is 11.9 Å². The summed E-state index contributed by atoms with van der Waals surface area (Å²) in [5, 5.41) is 0. The molecule has 0 amide bonds. The van der Waals surface area contributed by atoms with Gasteiger partial charge in [0.15, 0.2) is 0 Å². The van der Waals surface area contributed by atoms with Crippen molar-refractivity contribution < 1.29 is 28.5 Å². The number of carbonyl (C=O) groups is 2. The smallest absolute Gasteiger partial charge is 0.337 e. The Morgan fingerprint density at radius 3 is 1.96 bits per heavy atom. The van der Waals surface area contributed by atoms with Crippen molar-refractivity contribution in [3.63, 3.8) is 0 Å². The Bertz CT molecular complexity index is 676. The van der Waals surface area contributed by atoms with Gasteiger partial charge in [-0.05, 0) is 42.0 Å². The van der Waals surface area contributed by atoms with Crippen molar-refractivity contribution in [2.45, 2.75) is 6.61 Å². The van der Waals surface area contributed by atoms with E-state index in [0.29, 0.717) is 23.7 Å². The van der Waals surface area contributed by atoms with Gasteiger partial charge in [-0.15, -0.1) is 0 Å². The van der Waals surface area contributed by atoms with E-state index in [4.69, 9.17) is 9.47 Å². The van der Waals surface area contributed by atoms with Crippen LogP contribution in [0.1, 0.15) is 15.9 Å². The van der Waals surface area contributed by atoms with Crippen LogP contribution in [0, 0.1) is 0 Å². The summed E-state index contributed by atoms with van der Waals surface area (Å²) in [7, 11) is 2.65. The van der Waals surface area contributed by atoms with Crippen LogP contribution in [0.25, 0.3) is 0 Å². The number of benzene rings is 2. The number of hydrogen-bond donors (Lipinski definition) is 0. The van der Waals surface area contributed by atoms with Crippen molar-refractivity contribution in [3.8, 4) is 11.5 Å². The molecule has 0 unspecified atom stereocenters. The molecule has 0 N–H and O–H groups in total. The van der Waals surface area contributed by atoms with Gasteiger partial charge in [0.2, 0.25) is 0 Å². The summed E-state index contributed by atoms with van der Waals surface area (Å²) in [5.41, 5.74) is 1.37. The zero-order valence-electron chi connectivity index (χ0n) is 13.5. The molecule has 0 aliphatic carbocycles. The molecule has 0 aromatic heterocycles. The van der Waals surface area contributed by atoms with E-state index in [-0.39, 0.29) is 6.61 Å². The zero-order valence-corrected chi connectivity index (χ0v) is 13.5. The van der Waals surface area contributed by atoms with E-state index in [9.17, 15) is 9.59 Å². The van der Waals surface area contributed by atoms with Crippen LogP contribution in [-0.2, 0) is 25.6 Å². The fourth-order valence-corrected chi connectivity index (χ4v) is 1.88. The maximum atomic E-state index is 11.4. The molecule has 0 spiro atoms. The summed E-state index contributed by atoms with van der Waals surface area (Å²) in [5.74, 6) is 0.457. The normalized spacial score (nSPS) is 10.1. The topological polar surface area (TPSA) is 71.1 Å². The Kier molecular flexibility index (Phi) is 6.33. The summed E-state index contributed by atoms with van der Waals surface area (Å²) >= 11 is 0. The van der Waals surface area contributed by atoms with Crippen molar-refractivity contribution in [1.82, 2.24) is 0 Å². The van der Waals surface area contributed by atoms with Crippen molar-refractivity contribution in [2.75, 3.05) is 20.8 Å².